The minimum atomic E-state index is 0.191. The second kappa shape index (κ2) is 8.81. The van der Waals surface area contributed by atoms with Crippen LogP contribution in [0, 0.1) is 0 Å². The summed E-state index contributed by atoms with van der Waals surface area (Å²) < 4.78 is 1.85. The molecule has 1 saturated heterocycles. The third kappa shape index (κ3) is 4.92. The Morgan fingerprint density at radius 3 is 2.52 bits per heavy atom. The number of rotatable bonds is 5. The van der Waals surface area contributed by atoms with Gasteiger partial charge in [0.1, 0.15) is 0 Å². The van der Waals surface area contributed by atoms with Crippen molar-refractivity contribution in [2.24, 2.45) is 0 Å². The van der Waals surface area contributed by atoms with Crippen molar-refractivity contribution in [2.75, 3.05) is 26.7 Å². The van der Waals surface area contributed by atoms with Crippen LogP contribution >= 0.6 is 0 Å². The van der Waals surface area contributed by atoms with E-state index in [0.717, 1.165) is 24.3 Å². The van der Waals surface area contributed by atoms with E-state index in [-0.39, 0.29) is 5.91 Å². The van der Waals surface area contributed by atoms with Gasteiger partial charge in [-0.1, -0.05) is 37.5 Å². The lowest BCUT2D eigenvalue weighted by atomic mass is 10.1. The molecule has 0 spiro atoms. The van der Waals surface area contributed by atoms with Gasteiger partial charge in [0.05, 0.1) is 12.2 Å². The third-order valence-electron chi connectivity index (χ3n) is 4.88. The molecule has 1 fully saturated rings. The fourth-order valence-electron chi connectivity index (χ4n) is 3.41. The number of benzene rings is 1. The van der Waals surface area contributed by atoms with Gasteiger partial charge in [-0.25, -0.2) is 4.68 Å². The summed E-state index contributed by atoms with van der Waals surface area (Å²) in [5.41, 5.74) is 2.13. The largest absolute Gasteiger partial charge is 0.340 e. The quantitative estimate of drug-likeness (QED) is 0.840. The van der Waals surface area contributed by atoms with E-state index < -0.39 is 0 Å². The first-order chi connectivity index (χ1) is 12.2. The van der Waals surface area contributed by atoms with Crippen molar-refractivity contribution in [3.63, 3.8) is 0 Å². The molecule has 0 N–H and O–H groups in total. The number of likely N-dealkylation sites (N-methyl/N-ethyl adjacent to an activating group) is 1. The second-order valence-electron chi connectivity index (χ2n) is 6.87. The minimum absolute atomic E-state index is 0.191. The summed E-state index contributed by atoms with van der Waals surface area (Å²) in [6.45, 7) is 3.22. The molecule has 5 heteroatoms. The Hall–Kier alpha value is -2.14. The molecule has 1 aromatic carbocycles. The van der Waals surface area contributed by atoms with Crippen molar-refractivity contribution in [3.8, 4) is 5.69 Å². The molecule has 0 radical (unpaired) electrons. The molecule has 2 aromatic rings. The van der Waals surface area contributed by atoms with Gasteiger partial charge in [-0.15, -0.1) is 0 Å². The highest BCUT2D eigenvalue weighted by Gasteiger charge is 2.17. The molecule has 3 rings (SSSR count). The van der Waals surface area contributed by atoms with Gasteiger partial charge in [-0.05, 0) is 43.6 Å². The molecular weight excluding hydrogens is 312 g/mol. The average Bonchev–Trinajstić information content (AvgIpc) is 3.12. The molecule has 1 aliphatic rings. The monoisotopic (exact) mass is 340 g/mol. The van der Waals surface area contributed by atoms with E-state index in [9.17, 15) is 4.79 Å². The highest BCUT2D eigenvalue weighted by atomic mass is 16.2. The first-order valence-electron chi connectivity index (χ1n) is 9.28. The number of carbonyl (C=O) groups excluding carboxylic acids is 1. The zero-order chi connectivity index (χ0) is 17.5. The number of amides is 1. The van der Waals surface area contributed by atoms with Gasteiger partial charge in [0, 0.05) is 26.0 Å². The van der Waals surface area contributed by atoms with E-state index in [0.29, 0.717) is 13.1 Å². The van der Waals surface area contributed by atoms with Crippen LogP contribution in [0.4, 0.5) is 0 Å². The summed E-state index contributed by atoms with van der Waals surface area (Å²) in [5.74, 6) is 0.191. The van der Waals surface area contributed by atoms with E-state index in [1.54, 1.807) is 6.20 Å². The van der Waals surface area contributed by atoms with Gasteiger partial charge in [-0.2, -0.15) is 5.10 Å². The molecule has 0 atom stereocenters. The number of likely N-dealkylation sites (tertiary alicyclic amines) is 1. The Labute approximate surface area is 150 Å². The zero-order valence-corrected chi connectivity index (χ0v) is 15.1. The van der Waals surface area contributed by atoms with Crippen LogP contribution < -0.4 is 0 Å². The topological polar surface area (TPSA) is 41.4 Å². The number of hydrogen-bond acceptors (Lipinski definition) is 3. The average molecular weight is 340 g/mol. The van der Waals surface area contributed by atoms with Crippen molar-refractivity contribution >= 4 is 5.91 Å². The van der Waals surface area contributed by atoms with Crippen molar-refractivity contribution in [2.45, 2.75) is 38.6 Å². The number of para-hydroxylation sites is 1. The predicted molar refractivity (Wildman–Crippen MR) is 99.6 cm³/mol. The molecule has 1 amide bonds. The fourth-order valence-corrected chi connectivity index (χ4v) is 3.41. The molecule has 5 nitrogen and oxygen atoms in total. The van der Waals surface area contributed by atoms with E-state index in [1.807, 2.05) is 47.1 Å². The normalized spacial score (nSPS) is 16.2. The molecule has 0 bridgehead atoms. The Morgan fingerprint density at radius 2 is 1.80 bits per heavy atom. The minimum Gasteiger partial charge on any atom is -0.340 e. The number of nitrogens with zero attached hydrogens (tertiary/aromatic N) is 4. The van der Waals surface area contributed by atoms with Crippen LogP contribution in [0.25, 0.3) is 5.69 Å². The van der Waals surface area contributed by atoms with Crippen LogP contribution in [0.15, 0.2) is 42.7 Å². The summed E-state index contributed by atoms with van der Waals surface area (Å²) in [6.07, 6.45) is 10.0. The Morgan fingerprint density at radius 1 is 1.08 bits per heavy atom. The van der Waals surface area contributed by atoms with Crippen molar-refractivity contribution in [1.29, 1.82) is 0 Å². The number of aromatic nitrogens is 2. The van der Waals surface area contributed by atoms with Gasteiger partial charge in [0.15, 0.2) is 0 Å². The smallest absolute Gasteiger partial charge is 0.236 e. The van der Waals surface area contributed by atoms with Crippen LogP contribution in [-0.4, -0.2) is 52.2 Å². The van der Waals surface area contributed by atoms with E-state index >= 15 is 0 Å². The highest BCUT2D eigenvalue weighted by Crippen LogP contribution is 2.16. The van der Waals surface area contributed by atoms with Crippen molar-refractivity contribution < 1.29 is 4.79 Å². The molecule has 1 aromatic heterocycles. The maximum Gasteiger partial charge on any atom is 0.236 e. The first-order valence-corrected chi connectivity index (χ1v) is 9.28. The highest BCUT2D eigenvalue weighted by molar-refractivity contribution is 5.78. The molecule has 0 saturated carbocycles. The van der Waals surface area contributed by atoms with Crippen molar-refractivity contribution in [3.05, 3.63) is 48.3 Å². The lowest BCUT2D eigenvalue weighted by Gasteiger charge is -2.27. The predicted octanol–water partition coefficient (Wildman–Crippen LogP) is 3.10. The van der Waals surface area contributed by atoms with E-state index in [4.69, 9.17) is 0 Å². The van der Waals surface area contributed by atoms with Gasteiger partial charge in [0.2, 0.25) is 5.91 Å². The molecule has 25 heavy (non-hydrogen) atoms. The van der Waals surface area contributed by atoms with Crippen LogP contribution in [0.3, 0.4) is 0 Å². The lowest BCUT2D eigenvalue weighted by molar-refractivity contribution is -0.131. The van der Waals surface area contributed by atoms with Gasteiger partial charge < -0.3 is 4.90 Å². The van der Waals surface area contributed by atoms with E-state index in [1.165, 1.54) is 32.1 Å². The molecule has 0 unspecified atom stereocenters. The fraction of sp³-hybridized carbons (Fsp3) is 0.500. The van der Waals surface area contributed by atoms with Crippen LogP contribution in [0.2, 0.25) is 0 Å². The first kappa shape index (κ1) is 17.7. The molecule has 134 valence electrons. The maximum atomic E-state index is 12.7. The van der Waals surface area contributed by atoms with Crippen molar-refractivity contribution in [1.82, 2.24) is 19.6 Å². The lowest BCUT2D eigenvalue weighted by Crippen LogP contribution is -2.39. The Balaban J connectivity index is 1.62. The van der Waals surface area contributed by atoms with Crippen LogP contribution in [-0.2, 0) is 11.3 Å². The SMILES string of the molecule is CN(Cc1ccccc1-n1cccn1)C(=O)CN1CCCCCCC1. The zero-order valence-electron chi connectivity index (χ0n) is 15.1. The molecular formula is C20H28N4O. The summed E-state index contributed by atoms with van der Waals surface area (Å²) in [4.78, 5) is 16.8. The third-order valence-corrected chi connectivity index (χ3v) is 4.88. The summed E-state index contributed by atoms with van der Waals surface area (Å²) in [7, 11) is 1.90. The standard InChI is InChI=1S/C20H28N4O/c1-22(20(25)17-23-13-7-3-2-4-8-14-23)16-18-10-5-6-11-19(18)24-15-9-12-21-24/h5-6,9-12,15H,2-4,7-8,13-14,16-17H2,1H3. The molecule has 1 aliphatic heterocycles. The molecule has 2 heterocycles. The summed E-state index contributed by atoms with van der Waals surface area (Å²) >= 11 is 0. The Kier molecular flexibility index (Phi) is 6.23. The number of carbonyl (C=O) groups is 1. The number of hydrogen-bond donors (Lipinski definition) is 0. The van der Waals surface area contributed by atoms with Gasteiger partial charge in [-0.3, -0.25) is 9.69 Å². The summed E-state index contributed by atoms with van der Waals surface area (Å²) in [6, 6.07) is 10.0. The van der Waals surface area contributed by atoms with Gasteiger partial charge >= 0.3 is 0 Å². The van der Waals surface area contributed by atoms with Gasteiger partial charge in [0.25, 0.3) is 0 Å². The maximum absolute atomic E-state index is 12.7. The summed E-state index contributed by atoms with van der Waals surface area (Å²) in [5, 5.41) is 4.32. The van der Waals surface area contributed by atoms with Crippen LogP contribution in [0.1, 0.15) is 37.7 Å². The Bertz CT molecular complexity index is 660. The second-order valence-corrected chi connectivity index (χ2v) is 6.87. The molecule has 0 aliphatic carbocycles. The van der Waals surface area contributed by atoms with E-state index in [2.05, 4.69) is 16.1 Å². The van der Waals surface area contributed by atoms with Crippen LogP contribution in [0.5, 0.6) is 0 Å².